The van der Waals surface area contributed by atoms with E-state index in [-0.39, 0.29) is 5.12 Å². The van der Waals surface area contributed by atoms with E-state index < -0.39 is 0 Å². The fourth-order valence-corrected chi connectivity index (χ4v) is 1.98. The number of thioether (sulfide) groups is 1. The highest BCUT2D eigenvalue weighted by atomic mass is 32.2. The van der Waals surface area contributed by atoms with Gasteiger partial charge in [-0.1, -0.05) is 30.3 Å². The van der Waals surface area contributed by atoms with Gasteiger partial charge in [0, 0.05) is 18.6 Å². The van der Waals surface area contributed by atoms with Gasteiger partial charge in [0.15, 0.2) is 10.3 Å². The first-order chi connectivity index (χ1) is 8.69. The number of hydrogen-bond donors (Lipinski definition) is 0. The molecule has 0 spiro atoms. The Labute approximate surface area is 109 Å². The molecule has 1 aromatic carbocycles. The predicted molar refractivity (Wildman–Crippen MR) is 70.6 cm³/mol. The maximum absolute atomic E-state index is 11.1. The van der Waals surface area contributed by atoms with E-state index in [0.717, 1.165) is 23.0 Å². The first kappa shape index (κ1) is 12.6. The second kappa shape index (κ2) is 5.64. The van der Waals surface area contributed by atoms with Crippen LogP contribution in [0.5, 0.6) is 5.88 Å². The Balaban J connectivity index is 2.44. The van der Waals surface area contributed by atoms with E-state index in [1.54, 1.807) is 13.2 Å². The quantitative estimate of drug-likeness (QED) is 0.627. The van der Waals surface area contributed by atoms with E-state index in [1.165, 1.54) is 6.92 Å². The molecule has 4 nitrogen and oxygen atoms in total. The van der Waals surface area contributed by atoms with Crippen LogP contribution < -0.4 is 4.74 Å². The standard InChI is InChI=1S/C13H12N2O2S/c1-9(16)18-13-14-11(8-12(15-13)17-2)10-6-4-3-5-7-10/h3-8H,1-2H3. The van der Waals surface area contributed by atoms with Crippen molar-refractivity contribution in [2.45, 2.75) is 12.1 Å². The van der Waals surface area contributed by atoms with Crippen LogP contribution in [-0.2, 0) is 4.79 Å². The van der Waals surface area contributed by atoms with Gasteiger partial charge in [0.05, 0.1) is 12.8 Å². The van der Waals surface area contributed by atoms with Gasteiger partial charge < -0.3 is 4.74 Å². The van der Waals surface area contributed by atoms with Crippen molar-refractivity contribution in [3.8, 4) is 17.1 Å². The molecule has 0 fully saturated rings. The van der Waals surface area contributed by atoms with Crippen molar-refractivity contribution in [1.29, 1.82) is 0 Å². The second-order valence-electron chi connectivity index (χ2n) is 3.54. The predicted octanol–water partition coefficient (Wildman–Crippen LogP) is 2.79. The van der Waals surface area contributed by atoms with E-state index in [9.17, 15) is 4.79 Å². The number of rotatable bonds is 3. The molecule has 2 aromatic rings. The Hall–Kier alpha value is -1.88. The van der Waals surface area contributed by atoms with Gasteiger partial charge in [-0.15, -0.1) is 0 Å². The summed E-state index contributed by atoms with van der Waals surface area (Å²) in [6.07, 6.45) is 0. The molecule has 0 bridgehead atoms. The molecule has 0 atom stereocenters. The number of hydrogen-bond acceptors (Lipinski definition) is 5. The van der Waals surface area contributed by atoms with Crippen LogP contribution in [0.3, 0.4) is 0 Å². The van der Waals surface area contributed by atoms with Gasteiger partial charge in [0.2, 0.25) is 5.88 Å². The Bertz CT molecular complexity index is 558. The van der Waals surface area contributed by atoms with Crippen LogP contribution in [-0.4, -0.2) is 22.2 Å². The van der Waals surface area contributed by atoms with Crippen molar-refractivity contribution in [2.75, 3.05) is 7.11 Å². The van der Waals surface area contributed by atoms with Crippen molar-refractivity contribution in [2.24, 2.45) is 0 Å². The highest BCUT2D eigenvalue weighted by Gasteiger charge is 2.09. The number of methoxy groups -OCH3 is 1. The van der Waals surface area contributed by atoms with E-state index >= 15 is 0 Å². The highest BCUT2D eigenvalue weighted by Crippen LogP contribution is 2.24. The van der Waals surface area contributed by atoms with Crippen LogP contribution in [0.25, 0.3) is 11.3 Å². The average Bonchev–Trinajstić information content (AvgIpc) is 2.38. The van der Waals surface area contributed by atoms with Crippen molar-refractivity contribution < 1.29 is 9.53 Å². The lowest BCUT2D eigenvalue weighted by Crippen LogP contribution is -1.96. The van der Waals surface area contributed by atoms with Crippen molar-refractivity contribution >= 4 is 16.9 Å². The molecule has 0 N–H and O–H groups in total. The minimum atomic E-state index is -0.0535. The molecule has 2 rings (SSSR count). The fourth-order valence-electron chi connectivity index (χ4n) is 1.44. The van der Waals surface area contributed by atoms with Crippen LogP contribution in [0.2, 0.25) is 0 Å². The highest BCUT2D eigenvalue weighted by molar-refractivity contribution is 8.13. The number of ether oxygens (including phenoxy) is 1. The summed E-state index contributed by atoms with van der Waals surface area (Å²) in [5.41, 5.74) is 1.70. The molecular weight excluding hydrogens is 248 g/mol. The lowest BCUT2D eigenvalue weighted by molar-refractivity contribution is -0.109. The zero-order valence-corrected chi connectivity index (χ0v) is 10.9. The van der Waals surface area contributed by atoms with Gasteiger partial charge >= 0.3 is 0 Å². The number of carbonyl (C=O) groups excluding carboxylic acids is 1. The molecule has 1 aromatic heterocycles. The smallest absolute Gasteiger partial charge is 0.217 e. The largest absolute Gasteiger partial charge is 0.481 e. The van der Waals surface area contributed by atoms with Crippen molar-refractivity contribution in [3.05, 3.63) is 36.4 Å². The summed E-state index contributed by atoms with van der Waals surface area (Å²) in [7, 11) is 1.54. The molecule has 1 heterocycles. The maximum atomic E-state index is 11.1. The molecule has 0 saturated carbocycles. The zero-order valence-electron chi connectivity index (χ0n) is 10.1. The summed E-state index contributed by atoms with van der Waals surface area (Å²) >= 11 is 0.996. The van der Waals surface area contributed by atoms with Crippen LogP contribution >= 0.6 is 11.8 Å². The SMILES string of the molecule is COc1cc(-c2ccccc2)nc(SC(C)=O)n1. The molecule has 0 aliphatic rings. The Morgan fingerprint density at radius 1 is 1.22 bits per heavy atom. The molecule has 18 heavy (non-hydrogen) atoms. The van der Waals surface area contributed by atoms with E-state index in [0.29, 0.717) is 11.0 Å². The lowest BCUT2D eigenvalue weighted by Gasteiger charge is -2.05. The summed E-state index contributed by atoms with van der Waals surface area (Å²) in [6, 6.07) is 11.4. The number of aromatic nitrogens is 2. The van der Waals surface area contributed by atoms with Crippen molar-refractivity contribution in [1.82, 2.24) is 9.97 Å². The second-order valence-corrected chi connectivity index (χ2v) is 4.68. The molecule has 0 aliphatic heterocycles. The summed E-state index contributed by atoms with van der Waals surface area (Å²) in [6.45, 7) is 1.48. The molecular formula is C13H12N2O2S. The summed E-state index contributed by atoms with van der Waals surface area (Å²) in [5, 5.41) is 0.350. The molecule has 0 radical (unpaired) electrons. The molecule has 0 amide bonds. The Morgan fingerprint density at radius 2 is 1.94 bits per heavy atom. The number of benzene rings is 1. The molecule has 0 unspecified atom stereocenters. The number of carbonyl (C=O) groups is 1. The molecule has 0 saturated heterocycles. The fraction of sp³-hybridized carbons (Fsp3) is 0.154. The van der Waals surface area contributed by atoms with Gasteiger partial charge in [0.25, 0.3) is 0 Å². The van der Waals surface area contributed by atoms with E-state index in [4.69, 9.17) is 4.74 Å². The number of nitrogens with zero attached hydrogens (tertiary/aromatic N) is 2. The Kier molecular flexibility index (Phi) is 3.94. The topological polar surface area (TPSA) is 52.1 Å². The van der Waals surface area contributed by atoms with Gasteiger partial charge in [0.1, 0.15) is 0 Å². The third-order valence-corrected chi connectivity index (χ3v) is 2.85. The summed E-state index contributed by atoms with van der Waals surface area (Å²) < 4.78 is 5.12. The average molecular weight is 260 g/mol. The van der Waals surface area contributed by atoms with Gasteiger partial charge in [-0.2, -0.15) is 4.98 Å². The van der Waals surface area contributed by atoms with Crippen LogP contribution in [0.1, 0.15) is 6.92 Å². The zero-order chi connectivity index (χ0) is 13.0. The van der Waals surface area contributed by atoms with Gasteiger partial charge in [-0.25, -0.2) is 4.98 Å². The first-order valence-corrected chi connectivity index (χ1v) is 6.17. The van der Waals surface area contributed by atoms with E-state index in [2.05, 4.69) is 9.97 Å². The van der Waals surface area contributed by atoms with Crippen LogP contribution in [0.4, 0.5) is 0 Å². The van der Waals surface area contributed by atoms with E-state index in [1.807, 2.05) is 30.3 Å². The first-order valence-electron chi connectivity index (χ1n) is 5.36. The summed E-state index contributed by atoms with van der Waals surface area (Å²) in [5.74, 6) is 0.451. The molecule has 0 aliphatic carbocycles. The maximum Gasteiger partial charge on any atom is 0.217 e. The minimum absolute atomic E-state index is 0.0535. The molecule has 92 valence electrons. The molecule has 5 heteroatoms. The van der Waals surface area contributed by atoms with Crippen molar-refractivity contribution in [3.63, 3.8) is 0 Å². The Morgan fingerprint density at radius 3 is 2.56 bits per heavy atom. The van der Waals surface area contributed by atoms with Crippen LogP contribution in [0, 0.1) is 0 Å². The monoisotopic (exact) mass is 260 g/mol. The normalized spacial score (nSPS) is 10.1. The third kappa shape index (κ3) is 3.07. The summed E-state index contributed by atoms with van der Waals surface area (Å²) in [4.78, 5) is 19.6. The van der Waals surface area contributed by atoms with Crippen LogP contribution in [0.15, 0.2) is 41.6 Å². The third-order valence-electron chi connectivity index (χ3n) is 2.20. The minimum Gasteiger partial charge on any atom is -0.481 e. The van der Waals surface area contributed by atoms with Gasteiger partial charge in [-0.3, -0.25) is 4.79 Å². The van der Waals surface area contributed by atoms with Gasteiger partial charge in [-0.05, 0) is 11.8 Å². The lowest BCUT2D eigenvalue weighted by atomic mass is 10.1.